The van der Waals surface area contributed by atoms with Gasteiger partial charge < -0.3 is 14.5 Å². The van der Waals surface area contributed by atoms with Crippen LogP contribution in [0.15, 0.2) is 22.8 Å². The van der Waals surface area contributed by atoms with Gasteiger partial charge in [0.05, 0.1) is 24.3 Å². The van der Waals surface area contributed by atoms with Crippen molar-refractivity contribution in [2.75, 3.05) is 12.3 Å². The van der Waals surface area contributed by atoms with E-state index in [0.717, 1.165) is 5.76 Å². The van der Waals surface area contributed by atoms with E-state index in [1.54, 1.807) is 27.0 Å². The van der Waals surface area contributed by atoms with Crippen LogP contribution in [0.2, 0.25) is 0 Å². The molecule has 106 valence electrons. The van der Waals surface area contributed by atoms with Crippen molar-refractivity contribution in [3.8, 4) is 0 Å². The van der Waals surface area contributed by atoms with Gasteiger partial charge in [0.1, 0.15) is 11.4 Å². The summed E-state index contributed by atoms with van der Waals surface area (Å²) in [6, 6.07) is 3.66. The van der Waals surface area contributed by atoms with Gasteiger partial charge in [0.15, 0.2) is 5.78 Å². The molecule has 0 fully saturated rings. The monoisotopic (exact) mass is 285 g/mol. The summed E-state index contributed by atoms with van der Waals surface area (Å²) in [6.07, 6.45) is 1.03. The van der Waals surface area contributed by atoms with Gasteiger partial charge in [-0.05, 0) is 32.9 Å². The molecule has 1 N–H and O–H groups in total. The molecule has 0 aliphatic rings. The minimum absolute atomic E-state index is 0.0138. The second-order valence-corrected chi connectivity index (χ2v) is 5.95. The average molecular weight is 285 g/mol. The van der Waals surface area contributed by atoms with E-state index in [4.69, 9.17) is 9.15 Å². The van der Waals surface area contributed by atoms with Crippen molar-refractivity contribution >= 4 is 23.6 Å². The Balaban J connectivity index is 2.12. The number of hydrogen-bond acceptors (Lipinski definition) is 5. The molecular formula is C13H19NO4S. The molecular weight excluding hydrogens is 266 g/mol. The Hall–Kier alpha value is -1.43. The summed E-state index contributed by atoms with van der Waals surface area (Å²) in [4.78, 5) is 22.8. The summed E-state index contributed by atoms with van der Waals surface area (Å²) in [5.41, 5.74) is -0.554. The highest BCUT2D eigenvalue weighted by Gasteiger charge is 2.16. The number of carbonyl (C=O) groups is 2. The summed E-state index contributed by atoms with van der Waals surface area (Å²) in [5, 5.41) is 2.44. The quantitative estimate of drug-likeness (QED) is 0.870. The molecule has 5 nitrogen and oxygen atoms in total. The number of Topliss-reactive ketones (excluding diaryl/α,β-unsaturated/α-hetero) is 1. The Bertz CT molecular complexity index is 409. The highest BCUT2D eigenvalue weighted by molar-refractivity contribution is 7.99. The summed E-state index contributed by atoms with van der Waals surface area (Å²) < 4.78 is 10.2. The van der Waals surface area contributed by atoms with Crippen LogP contribution in [-0.4, -0.2) is 29.8 Å². The van der Waals surface area contributed by atoms with Crippen LogP contribution in [0.1, 0.15) is 26.5 Å². The summed E-state index contributed by atoms with van der Waals surface area (Å²) in [7, 11) is 0. The molecule has 6 heteroatoms. The Morgan fingerprint density at radius 2 is 2.16 bits per heavy atom. The van der Waals surface area contributed by atoms with Crippen LogP contribution in [0.25, 0.3) is 0 Å². The van der Waals surface area contributed by atoms with E-state index in [2.05, 4.69) is 5.32 Å². The molecule has 0 atom stereocenters. The smallest absolute Gasteiger partial charge is 0.408 e. The molecule has 0 radical (unpaired) electrons. The molecule has 0 aliphatic heterocycles. The lowest BCUT2D eigenvalue weighted by Gasteiger charge is -2.19. The first kappa shape index (κ1) is 15.6. The molecule has 1 heterocycles. The van der Waals surface area contributed by atoms with E-state index >= 15 is 0 Å². The van der Waals surface area contributed by atoms with E-state index in [1.165, 1.54) is 11.8 Å². The van der Waals surface area contributed by atoms with Crippen LogP contribution in [0.4, 0.5) is 4.79 Å². The first-order valence-electron chi connectivity index (χ1n) is 5.95. The predicted molar refractivity (Wildman–Crippen MR) is 74.1 cm³/mol. The van der Waals surface area contributed by atoms with Gasteiger partial charge in [-0.2, -0.15) is 0 Å². The Kier molecular flexibility index (Phi) is 5.95. The van der Waals surface area contributed by atoms with Gasteiger partial charge in [0.2, 0.25) is 0 Å². The molecule has 1 aromatic rings. The van der Waals surface area contributed by atoms with Crippen LogP contribution in [-0.2, 0) is 15.3 Å². The highest BCUT2D eigenvalue weighted by atomic mass is 32.2. The van der Waals surface area contributed by atoms with Gasteiger partial charge in [0, 0.05) is 0 Å². The standard InChI is InChI=1S/C13H19NO4S/c1-13(2,3)18-12(16)14-7-10(15)8-19-9-11-5-4-6-17-11/h4-6H,7-9H2,1-3H3,(H,14,16). The molecule has 0 spiro atoms. The van der Waals surface area contributed by atoms with Gasteiger partial charge in [0.25, 0.3) is 0 Å². The minimum atomic E-state index is -0.572. The number of nitrogens with one attached hydrogen (secondary N) is 1. The van der Waals surface area contributed by atoms with Crippen LogP contribution >= 0.6 is 11.8 Å². The second-order valence-electron chi connectivity index (χ2n) is 4.97. The van der Waals surface area contributed by atoms with Crippen molar-refractivity contribution in [2.45, 2.75) is 32.1 Å². The van der Waals surface area contributed by atoms with Gasteiger partial charge in [-0.3, -0.25) is 4.79 Å². The maximum atomic E-state index is 11.5. The zero-order chi connectivity index (χ0) is 14.3. The third-order valence-electron chi connectivity index (χ3n) is 1.92. The maximum absolute atomic E-state index is 11.5. The molecule has 19 heavy (non-hydrogen) atoms. The molecule has 1 aromatic heterocycles. The molecule has 0 saturated carbocycles. The first-order valence-corrected chi connectivity index (χ1v) is 7.11. The zero-order valence-electron chi connectivity index (χ0n) is 11.4. The Morgan fingerprint density at radius 3 is 2.74 bits per heavy atom. The minimum Gasteiger partial charge on any atom is -0.468 e. The van der Waals surface area contributed by atoms with E-state index < -0.39 is 11.7 Å². The highest BCUT2D eigenvalue weighted by Crippen LogP contribution is 2.12. The van der Waals surface area contributed by atoms with Crippen LogP contribution in [0.3, 0.4) is 0 Å². The molecule has 0 aromatic carbocycles. The van der Waals surface area contributed by atoms with Crippen molar-refractivity contribution < 1.29 is 18.7 Å². The lowest BCUT2D eigenvalue weighted by atomic mass is 10.2. The lowest BCUT2D eigenvalue weighted by molar-refractivity contribution is -0.115. The zero-order valence-corrected chi connectivity index (χ0v) is 12.2. The lowest BCUT2D eigenvalue weighted by Crippen LogP contribution is -2.35. The van der Waals surface area contributed by atoms with Crippen LogP contribution in [0.5, 0.6) is 0 Å². The molecule has 1 rings (SSSR count). The number of alkyl carbamates (subject to hydrolysis) is 1. The third kappa shape index (κ3) is 7.56. The fraction of sp³-hybridized carbons (Fsp3) is 0.538. The van der Waals surface area contributed by atoms with E-state index in [9.17, 15) is 9.59 Å². The van der Waals surface area contributed by atoms with Crippen LogP contribution in [0, 0.1) is 0 Å². The van der Waals surface area contributed by atoms with Crippen molar-refractivity contribution in [1.29, 1.82) is 0 Å². The van der Waals surface area contributed by atoms with Crippen molar-refractivity contribution in [3.63, 3.8) is 0 Å². The van der Waals surface area contributed by atoms with Crippen molar-refractivity contribution in [1.82, 2.24) is 5.32 Å². The number of carbonyl (C=O) groups excluding carboxylic acids is 2. The first-order chi connectivity index (χ1) is 8.87. The number of rotatable bonds is 6. The molecule has 0 aliphatic carbocycles. The van der Waals surface area contributed by atoms with Gasteiger partial charge in [-0.1, -0.05) is 0 Å². The second kappa shape index (κ2) is 7.23. The molecule has 1 amide bonds. The maximum Gasteiger partial charge on any atom is 0.408 e. The number of furan rings is 1. The largest absolute Gasteiger partial charge is 0.468 e. The fourth-order valence-electron chi connectivity index (χ4n) is 1.20. The van der Waals surface area contributed by atoms with E-state index in [-0.39, 0.29) is 12.3 Å². The topological polar surface area (TPSA) is 68.5 Å². The summed E-state index contributed by atoms with van der Waals surface area (Å²) in [6.45, 7) is 5.30. The van der Waals surface area contributed by atoms with Crippen molar-refractivity contribution in [2.24, 2.45) is 0 Å². The van der Waals surface area contributed by atoms with Gasteiger partial charge in [-0.15, -0.1) is 11.8 Å². The van der Waals surface area contributed by atoms with Crippen LogP contribution < -0.4 is 5.32 Å². The third-order valence-corrected chi connectivity index (χ3v) is 2.93. The molecule has 0 bridgehead atoms. The number of amides is 1. The number of thioether (sulfide) groups is 1. The summed E-state index contributed by atoms with van der Waals surface area (Å²) >= 11 is 1.45. The van der Waals surface area contributed by atoms with Gasteiger partial charge in [-0.25, -0.2) is 4.79 Å². The van der Waals surface area contributed by atoms with Crippen molar-refractivity contribution in [3.05, 3.63) is 24.2 Å². The van der Waals surface area contributed by atoms with E-state index in [0.29, 0.717) is 11.5 Å². The summed E-state index contributed by atoms with van der Waals surface area (Å²) in [5.74, 6) is 1.75. The van der Waals surface area contributed by atoms with Gasteiger partial charge >= 0.3 is 6.09 Å². The fourth-order valence-corrected chi connectivity index (χ4v) is 1.99. The normalized spacial score (nSPS) is 11.1. The predicted octanol–water partition coefficient (Wildman–Crippen LogP) is 2.61. The molecule has 0 saturated heterocycles. The Morgan fingerprint density at radius 1 is 1.42 bits per heavy atom. The number of hydrogen-bond donors (Lipinski definition) is 1. The number of ketones is 1. The average Bonchev–Trinajstić information content (AvgIpc) is 2.77. The SMILES string of the molecule is CC(C)(C)OC(=O)NCC(=O)CSCc1ccco1. The Labute approximate surface area is 117 Å². The number of ether oxygens (including phenoxy) is 1. The van der Waals surface area contributed by atoms with E-state index in [1.807, 2.05) is 12.1 Å². The molecule has 0 unspecified atom stereocenters.